The standard InChI is InChI=1S/C17H30N2O3/c1-4-5-8-22-15-10-14(17(15,2)3)19-16(21)18-13-7-6-12(9-13)11-20/h6-7,12-15,20H,4-5,8-11H2,1-3H3,(H2,18,19,21)/t12-,13+,14?,15?/m0/s1. The molecule has 2 amide bonds. The van der Waals surface area contributed by atoms with Crippen LogP contribution in [0.3, 0.4) is 0 Å². The molecule has 1 fully saturated rings. The second-order valence-corrected chi connectivity index (χ2v) is 7.11. The smallest absolute Gasteiger partial charge is 0.315 e. The van der Waals surface area contributed by atoms with Crippen molar-refractivity contribution in [3.8, 4) is 0 Å². The zero-order chi connectivity index (χ0) is 16.2. The second kappa shape index (κ2) is 7.47. The first-order valence-corrected chi connectivity index (χ1v) is 8.45. The number of unbranched alkanes of at least 4 members (excludes halogenated alkanes) is 1. The largest absolute Gasteiger partial charge is 0.396 e. The minimum atomic E-state index is -0.127. The summed E-state index contributed by atoms with van der Waals surface area (Å²) < 4.78 is 5.90. The van der Waals surface area contributed by atoms with Crippen LogP contribution in [0.1, 0.15) is 46.5 Å². The van der Waals surface area contributed by atoms with Gasteiger partial charge in [0.2, 0.25) is 0 Å². The van der Waals surface area contributed by atoms with E-state index in [1.54, 1.807) is 0 Å². The van der Waals surface area contributed by atoms with Crippen molar-refractivity contribution in [2.75, 3.05) is 13.2 Å². The molecule has 0 spiro atoms. The van der Waals surface area contributed by atoms with Gasteiger partial charge in [0.05, 0.1) is 6.10 Å². The summed E-state index contributed by atoms with van der Waals surface area (Å²) in [6.07, 6.45) is 8.05. The molecule has 2 rings (SSSR count). The van der Waals surface area contributed by atoms with Gasteiger partial charge in [-0.05, 0) is 19.3 Å². The third-order valence-corrected chi connectivity index (χ3v) is 5.02. The van der Waals surface area contributed by atoms with E-state index < -0.39 is 0 Å². The van der Waals surface area contributed by atoms with Crippen LogP contribution in [-0.4, -0.2) is 42.5 Å². The van der Waals surface area contributed by atoms with Crippen LogP contribution in [0, 0.1) is 11.3 Å². The van der Waals surface area contributed by atoms with E-state index in [1.807, 2.05) is 12.2 Å². The molecule has 5 heteroatoms. The lowest BCUT2D eigenvalue weighted by Crippen LogP contribution is -2.63. The Hall–Kier alpha value is -1.07. The summed E-state index contributed by atoms with van der Waals surface area (Å²) in [7, 11) is 0. The van der Waals surface area contributed by atoms with Crippen LogP contribution in [0.5, 0.6) is 0 Å². The van der Waals surface area contributed by atoms with E-state index in [-0.39, 0.29) is 42.2 Å². The second-order valence-electron chi connectivity index (χ2n) is 7.11. The summed E-state index contributed by atoms with van der Waals surface area (Å²) >= 11 is 0. The molecule has 0 bridgehead atoms. The van der Waals surface area contributed by atoms with Gasteiger partial charge in [-0.1, -0.05) is 39.3 Å². The third kappa shape index (κ3) is 4.02. The third-order valence-electron chi connectivity index (χ3n) is 5.02. The van der Waals surface area contributed by atoms with Gasteiger partial charge in [-0.2, -0.15) is 0 Å². The molecule has 0 heterocycles. The quantitative estimate of drug-likeness (QED) is 0.499. The summed E-state index contributed by atoms with van der Waals surface area (Å²) in [6, 6.07) is 0.0495. The zero-order valence-electron chi connectivity index (χ0n) is 14.0. The highest BCUT2D eigenvalue weighted by Crippen LogP contribution is 2.42. The average molecular weight is 310 g/mol. The Kier molecular flexibility index (Phi) is 5.87. The van der Waals surface area contributed by atoms with Gasteiger partial charge in [0.15, 0.2) is 0 Å². The van der Waals surface area contributed by atoms with Crippen molar-refractivity contribution in [2.24, 2.45) is 11.3 Å². The van der Waals surface area contributed by atoms with Crippen LogP contribution in [0.15, 0.2) is 12.2 Å². The lowest BCUT2D eigenvalue weighted by molar-refractivity contribution is -0.114. The fourth-order valence-electron chi connectivity index (χ4n) is 3.17. The number of aliphatic hydroxyl groups excluding tert-OH is 1. The van der Waals surface area contributed by atoms with Crippen LogP contribution in [0.25, 0.3) is 0 Å². The monoisotopic (exact) mass is 310 g/mol. The molecule has 2 aliphatic carbocycles. The summed E-state index contributed by atoms with van der Waals surface area (Å²) in [4.78, 5) is 12.1. The number of amides is 2. The SMILES string of the molecule is CCCCOC1CC(NC(=O)N[C@@H]2C=C[C@H](CO)C2)C1(C)C. The Bertz CT molecular complexity index is 409. The fraction of sp³-hybridized carbons (Fsp3) is 0.824. The van der Waals surface area contributed by atoms with E-state index in [0.717, 1.165) is 32.3 Å². The molecule has 0 saturated heterocycles. The van der Waals surface area contributed by atoms with Crippen LogP contribution in [0.2, 0.25) is 0 Å². The van der Waals surface area contributed by atoms with Crippen molar-refractivity contribution in [3.05, 3.63) is 12.2 Å². The van der Waals surface area contributed by atoms with Crippen LogP contribution >= 0.6 is 0 Å². The fourth-order valence-corrected chi connectivity index (χ4v) is 3.17. The average Bonchev–Trinajstić information content (AvgIpc) is 2.93. The van der Waals surface area contributed by atoms with Gasteiger partial charge < -0.3 is 20.5 Å². The minimum Gasteiger partial charge on any atom is -0.396 e. The van der Waals surface area contributed by atoms with E-state index in [2.05, 4.69) is 31.4 Å². The topological polar surface area (TPSA) is 70.6 Å². The van der Waals surface area contributed by atoms with Crippen LogP contribution in [-0.2, 0) is 4.74 Å². The number of hydrogen-bond acceptors (Lipinski definition) is 3. The van der Waals surface area contributed by atoms with Gasteiger partial charge in [-0.25, -0.2) is 4.79 Å². The molecule has 3 N–H and O–H groups in total. The molecule has 0 aromatic rings. The molecule has 2 aliphatic rings. The highest BCUT2D eigenvalue weighted by Gasteiger charge is 2.49. The lowest BCUT2D eigenvalue weighted by Gasteiger charge is -2.51. The van der Waals surface area contributed by atoms with Gasteiger partial charge >= 0.3 is 6.03 Å². The normalized spacial score (nSPS) is 32.5. The van der Waals surface area contributed by atoms with Crippen molar-refractivity contribution in [1.29, 1.82) is 0 Å². The molecule has 0 aromatic carbocycles. The van der Waals surface area contributed by atoms with E-state index in [9.17, 15) is 4.79 Å². The number of carbonyl (C=O) groups is 1. The van der Waals surface area contributed by atoms with Gasteiger partial charge in [-0.3, -0.25) is 0 Å². The highest BCUT2D eigenvalue weighted by atomic mass is 16.5. The van der Waals surface area contributed by atoms with E-state index in [4.69, 9.17) is 9.84 Å². The van der Waals surface area contributed by atoms with Crippen molar-refractivity contribution >= 4 is 6.03 Å². The highest BCUT2D eigenvalue weighted by molar-refractivity contribution is 5.75. The number of hydrogen-bond donors (Lipinski definition) is 3. The number of nitrogens with one attached hydrogen (secondary N) is 2. The molecule has 2 unspecified atom stereocenters. The Morgan fingerprint density at radius 3 is 2.68 bits per heavy atom. The summed E-state index contributed by atoms with van der Waals surface area (Å²) in [5.74, 6) is 0.168. The Labute approximate surface area is 133 Å². The van der Waals surface area contributed by atoms with Crippen LogP contribution in [0.4, 0.5) is 4.79 Å². The maximum atomic E-state index is 12.1. The summed E-state index contributed by atoms with van der Waals surface area (Å²) in [5, 5.41) is 15.1. The molecular formula is C17H30N2O3. The van der Waals surface area contributed by atoms with E-state index in [0.29, 0.717) is 0 Å². The first-order chi connectivity index (χ1) is 10.5. The van der Waals surface area contributed by atoms with Crippen molar-refractivity contribution in [1.82, 2.24) is 10.6 Å². The van der Waals surface area contributed by atoms with Crippen molar-refractivity contribution in [2.45, 2.75) is 64.6 Å². The molecule has 5 nitrogen and oxygen atoms in total. The molecule has 126 valence electrons. The van der Waals surface area contributed by atoms with Crippen LogP contribution < -0.4 is 10.6 Å². The van der Waals surface area contributed by atoms with Crippen molar-refractivity contribution in [3.63, 3.8) is 0 Å². The summed E-state index contributed by atoms with van der Waals surface area (Å²) in [5.41, 5.74) is -0.0236. The first kappa shape index (κ1) is 17.3. The van der Waals surface area contributed by atoms with Gasteiger partial charge in [0.25, 0.3) is 0 Å². The lowest BCUT2D eigenvalue weighted by atomic mass is 9.64. The minimum absolute atomic E-state index is 0.0236. The molecular weight excluding hydrogens is 280 g/mol. The Morgan fingerprint density at radius 1 is 1.32 bits per heavy atom. The number of ether oxygens (including phenoxy) is 1. The molecule has 0 aliphatic heterocycles. The zero-order valence-corrected chi connectivity index (χ0v) is 14.0. The molecule has 4 atom stereocenters. The van der Waals surface area contributed by atoms with Gasteiger partial charge in [-0.15, -0.1) is 0 Å². The predicted molar refractivity (Wildman–Crippen MR) is 86.6 cm³/mol. The molecule has 22 heavy (non-hydrogen) atoms. The molecule has 0 aromatic heterocycles. The maximum Gasteiger partial charge on any atom is 0.315 e. The number of rotatable bonds is 7. The van der Waals surface area contributed by atoms with E-state index >= 15 is 0 Å². The number of urea groups is 1. The summed E-state index contributed by atoms with van der Waals surface area (Å²) in [6.45, 7) is 7.40. The van der Waals surface area contributed by atoms with Crippen molar-refractivity contribution < 1.29 is 14.6 Å². The molecule has 0 radical (unpaired) electrons. The number of aliphatic hydroxyl groups is 1. The van der Waals surface area contributed by atoms with Gasteiger partial charge in [0, 0.05) is 36.6 Å². The maximum absolute atomic E-state index is 12.1. The Balaban J connectivity index is 1.71. The van der Waals surface area contributed by atoms with Gasteiger partial charge in [0.1, 0.15) is 0 Å². The Morgan fingerprint density at radius 2 is 2.09 bits per heavy atom. The van der Waals surface area contributed by atoms with E-state index in [1.165, 1.54) is 0 Å². The number of carbonyl (C=O) groups excluding carboxylic acids is 1. The first-order valence-electron chi connectivity index (χ1n) is 8.45. The predicted octanol–water partition coefficient (Wildman–Crippen LogP) is 2.21. The molecule has 1 saturated carbocycles.